The van der Waals surface area contributed by atoms with Crippen molar-refractivity contribution in [1.82, 2.24) is 15.5 Å². The zero-order chi connectivity index (χ0) is 31.1. The highest BCUT2D eigenvalue weighted by molar-refractivity contribution is 8.33. The van der Waals surface area contributed by atoms with E-state index < -0.39 is 32.4 Å². The summed E-state index contributed by atoms with van der Waals surface area (Å²) in [7, 11) is -1.18. The first-order valence-corrected chi connectivity index (χ1v) is 18.0. The molecule has 1 saturated carbocycles. The van der Waals surface area contributed by atoms with Crippen LogP contribution >= 0.6 is 10.0 Å². The van der Waals surface area contributed by atoms with Crippen LogP contribution in [0.5, 0.6) is 0 Å². The fourth-order valence-electron chi connectivity index (χ4n) is 5.67. The molecule has 1 aliphatic carbocycles. The molecule has 1 atom stereocenters. The lowest BCUT2D eigenvalue weighted by molar-refractivity contribution is -0.144. The van der Waals surface area contributed by atoms with Gasteiger partial charge in [-0.3, -0.25) is 15.0 Å². The van der Waals surface area contributed by atoms with Crippen LogP contribution in [0.2, 0.25) is 0 Å². The molecule has 5 N–H and O–H groups in total. The third kappa shape index (κ3) is 7.49. The first-order valence-electron chi connectivity index (χ1n) is 15.1. The summed E-state index contributed by atoms with van der Waals surface area (Å²) in [5.41, 5.74) is 7.26. The van der Waals surface area contributed by atoms with E-state index >= 15 is 0 Å². The Balaban J connectivity index is 1.67. The molecule has 9 nitrogen and oxygen atoms in total. The molecule has 10 heteroatoms. The first kappa shape index (κ1) is 33.5. The van der Waals surface area contributed by atoms with Gasteiger partial charge in [0, 0.05) is 17.7 Å². The van der Waals surface area contributed by atoms with Crippen molar-refractivity contribution in [3.8, 4) is 0 Å². The third-order valence-electron chi connectivity index (χ3n) is 8.90. The Labute approximate surface area is 253 Å². The van der Waals surface area contributed by atoms with Crippen LogP contribution in [-0.2, 0) is 14.3 Å². The van der Waals surface area contributed by atoms with Crippen LogP contribution in [-0.4, -0.2) is 70.8 Å². The number of unbranched alkanes of at least 4 members (excludes halogenated alkanes) is 4. The predicted molar refractivity (Wildman–Crippen MR) is 172 cm³/mol. The highest BCUT2D eigenvalue weighted by Crippen LogP contribution is 2.60. The van der Waals surface area contributed by atoms with Gasteiger partial charge in [-0.05, 0) is 63.9 Å². The topological polar surface area (TPSA) is 138 Å². The van der Waals surface area contributed by atoms with Crippen LogP contribution in [0.15, 0.2) is 41.6 Å². The largest absolute Gasteiger partial charge is 0.463 e. The molecule has 1 aliphatic heterocycles. The number of hydrogen-bond acceptors (Lipinski definition) is 6. The van der Waals surface area contributed by atoms with Crippen molar-refractivity contribution >= 4 is 33.8 Å². The fourth-order valence-corrected chi connectivity index (χ4v) is 7.79. The Kier molecular flexibility index (Phi) is 11.1. The first-order chi connectivity index (χ1) is 19.7. The lowest BCUT2D eigenvalue weighted by Crippen LogP contribution is -2.55. The number of rotatable bonds is 13. The van der Waals surface area contributed by atoms with Gasteiger partial charge in [0.05, 0.1) is 22.9 Å². The van der Waals surface area contributed by atoms with Crippen LogP contribution in [0.4, 0.5) is 4.79 Å². The molecule has 0 bridgehead atoms. The second-order valence-corrected chi connectivity index (χ2v) is 17.3. The summed E-state index contributed by atoms with van der Waals surface area (Å²) in [6, 6.07) is 8.46. The van der Waals surface area contributed by atoms with Crippen LogP contribution in [0.1, 0.15) is 90.2 Å². The lowest BCUT2D eigenvalue weighted by Gasteiger charge is -2.53. The number of benzene rings is 1. The predicted octanol–water partition coefficient (Wildman–Crippen LogP) is 5.36. The van der Waals surface area contributed by atoms with E-state index in [2.05, 4.69) is 36.3 Å². The van der Waals surface area contributed by atoms with Gasteiger partial charge in [0.1, 0.15) is 12.4 Å². The molecule has 2 aliphatic rings. The summed E-state index contributed by atoms with van der Waals surface area (Å²) in [6.07, 6.45) is 14.6. The zero-order valence-electron chi connectivity index (χ0n) is 26.3. The molecule has 3 rings (SSSR count). The number of amidine groups is 1. The van der Waals surface area contributed by atoms with E-state index in [1.54, 1.807) is 4.90 Å². The van der Waals surface area contributed by atoms with Crippen molar-refractivity contribution in [3.63, 3.8) is 0 Å². The molecule has 1 heterocycles. The minimum atomic E-state index is -1.18. The summed E-state index contributed by atoms with van der Waals surface area (Å²) in [4.78, 5) is 41.0. The fraction of sp³-hybridized carbons (Fsp3) is 0.625. The number of carbonyl (C=O) groups is 3. The summed E-state index contributed by atoms with van der Waals surface area (Å²) in [5.74, 6) is -0.455. The minimum absolute atomic E-state index is 0.0106. The second-order valence-electron chi connectivity index (χ2n) is 12.8. The van der Waals surface area contributed by atoms with Gasteiger partial charge in [0.15, 0.2) is 0 Å². The minimum Gasteiger partial charge on any atom is -0.463 e. The van der Waals surface area contributed by atoms with E-state index in [9.17, 15) is 14.4 Å². The molecule has 1 fully saturated rings. The van der Waals surface area contributed by atoms with Crippen LogP contribution in [0.3, 0.4) is 0 Å². The van der Waals surface area contributed by atoms with Gasteiger partial charge >= 0.3 is 12.0 Å². The van der Waals surface area contributed by atoms with Crippen molar-refractivity contribution in [2.75, 3.05) is 31.9 Å². The maximum atomic E-state index is 13.7. The van der Waals surface area contributed by atoms with Gasteiger partial charge in [0.2, 0.25) is 5.91 Å². The molecule has 42 heavy (non-hydrogen) atoms. The van der Waals surface area contributed by atoms with E-state index in [0.717, 1.165) is 56.9 Å². The average molecular weight is 602 g/mol. The van der Waals surface area contributed by atoms with Crippen molar-refractivity contribution in [1.29, 1.82) is 5.41 Å². The zero-order valence-corrected chi connectivity index (χ0v) is 27.1. The Bertz CT molecular complexity index is 1170. The number of nitrogens with two attached hydrogens (primary N) is 1. The van der Waals surface area contributed by atoms with Crippen LogP contribution < -0.4 is 16.4 Å². The number of carbonyl (C=O) groups excluding carboxylic acids is 3. The second kappa shape index (κ2) is 14.0. The number of esters is 1. The molecule has 0 spiro atoms. The molecule has 1 aromatic carbocycles. The smallest absolute Gasteiger partial charge is 0.319 e. The lowest BCUT2D eigenvalue weighted by atomic mass is 9.83. The van der Waals surface area contributed by atoms with Gasteiger partial charge in [-0.2, -0.15) is 0 Å². The number of hydrogen-bond donors (Lipinski definition) is 4. The highest BCUT2D eigenvalue weighted by Gasteiger charge is 2.51. The highest BCUT2D eigenvalue weighted by atomic mass is 32.3. The molecule has 1 aromatic rings. The molecule has 0 saturated heterocycles. The number of nitrogens with zero attached hydrogens (tertiary/aromatic N) is 1. The summed E-state index contributed by atoms with van der Waals surface area (Å²) in [5, 5.41) is 14.6. The van der Waals surface area contributed by atoms with Crippen molar-refractivity contribution in [3.05, 3.63) is 47.2 Å². The van der Waals surface area contributed by atoms with E-state index in [1.807, 2.05) is 44.2 Å². The van der Waals surface area contributed by atoms with Crippen LogP contribution in [0, 0.1) is 5.41 Å². The molecule has 0 aromatic heterocycles. The SMILES string of the molecule is CCCCCCCC(=O)OC[C@@H](NC(=O)N1CC(C(=N)NC(=O)C2(S(C)(C)C)CCC2)=C(N)C1(C)C)c1ccccc1. The Morgan fingerprint density at radius 1 is 1.07 bits per heavy atom. The number of nitrogens with one attached hydrogen (secondary N) is 3. The Hall–Kier alpha value is -3.01. The summed E-state index contributed by atoms with van der Waals surface area (Å²) < 4.78 is 5.16. The van der Waals surface area contributed by atoms with Crippen LogP contribution in [0.25, 0.3) is 0 Å². The number of urea groups is 1. The number of ether oxygens (including phenoxy) is 1. The Morgan fingerprint density at radius 2 is 1.71 bits per heavy atom. The van der Waals surface area contributed by atoms with Gasteiger partial charge < -0.3 is 26.0 Å². The van der Waals surface area contributed by atoms with Crippen molar-refractivity contribution in [2.45, 2.75) is 94.9 Å². The third-order valence-corrected chi connectivity index (χ3v) is 11.8. The molecular weight excluding hydrogens is 550 g/mol. The van der Waals surface area contributed by atoms with Crippen molar-refractivity contribution in [2.24, 2.45) is 5.73 Å². The standard InChI is InChI=1S/C32H51N5O4S/c1-7-8-9-10-14-18-26(38)41-22-25(23-16-12-11-13-17-23)35-30(40)37-21-24(27(33)31(37,2)3)28(34)36-29(39)32(19-15-20-32)42(4,5)6/h11-13,16-17,25H,7-10,14-15,18-22,33H2,1-6H3,(H,35,40)(H2,34,36,39)/t25-/m1/s1. The van der Waals surface area contributed by atoms with E-state index in [0.29, 0.717) is 17.7 Å². The molecular formula is C32H51N5O4S. The molecule has 3 amide bonds. The van der Waals surface area contributed by atoms with E-state index in [1.165, 1.54) is 0 Å². The Morgan fingerprint density at radius 3 is 2.29 bits per heavy atom. The van der Waals surface area contributed by atoms with Gasteiger partial charge in [-0.25, -0.2) is 14.8 Å². The monoisotopic (exact) mass is 601 g/mol. The maximum Gasteiger partial charge on any atom is 0.319 e. The molecule has 234 valence electrons. The van der Waals surface area contributed by atoms with Gasteiger partial charge in [-0.1, -0.05) is 62.9 Å². The number of amides is 3. The van der Waals surface area contributed by atoms with E-state index in [-0.39, 0.29) is 30.9 Å². The summed E-state index contributed by atoms with van der Waals surface area (Å²) >= 11 is 0. The normalized spacial score (nSPS) is 18.6. The quantitative estimate of drug-likeness (QED) is 0.104. The average Bonchev–Trinajstić information content (AvgIpc) is 3.13. The van der Waals surface area contributed by atoms with Gasteiger partial charge in [0.25, 0.3) is 0 Å². The van der Waals surface area contributed by atoms with Crippen molar-refractivity contribution < 1.29 is 19.1 Å². The van der Waals surface area contributed by atoms with Gasteiger partial charge in [-0.15, -0.1) is 0 Å². The molecule has 0 radical (unpaired) electrons. The molecule has 0 unspecified atom stereocenters. The van der Waals surface area contributed by atoms with E-state index in [4.69, 9.17) is 15.9 Å². The maximum absolute atomic E-state index is 13.7. The summed E-state index contributed by atoms with van der Waals surface area (Å²) in [6.45, 7) is 5.90.